The van der Waals surface area contributed by atoms with Gasteiger partial charge in [-0.2, -0.15) is 18.4 Å². The van der Waals surface area contributed by atoms with Crippen molar-refractivity contribution in [1.29, 1.82) is 5.26 Å². The fourth-order valence-corrected chi connectivity index (χ4v) is 3.37. The van der Waals surface area contributed by atoms with Crippen molar-refractivity contribution in [2.24, 2.45) is 0 Å². The van der Waals surface area contributed by atoms with Gasteiger partial charge in [0.15, 0.2) is 0 Å². The van der Waals surface area contributed by atoms with Crippen LogP contribution >= 0.6 is 0 Å². The number of nitriles is 1. The van der Waals surface area contributed by atoms with Gasteiger partial charge in [-0.15, -0.1) is 0 Å². The van der Waals surface area contributed by atoms with Gasteiger partial charge in [0.1, 0.15) is 0 Å². The third-order valence-corrected chi connectivity index (χ3v) is 4.54. The van der Waals surface area contributed by atoms with Crippen molar-refractivity contribution in [3.63, 3.8) is 0 Å². The van der Waals surface area contributed by atoms with E-state index in [2.05, 4.69) is 4.90 Å². The molecule has 0 saturated carbocycles. The first-order chi connectivity index (χ1) is 9.90. The molecule has 0 spiro atoms. The second-order valence-electron chi connectivity index (χ2n) is 5.73. The van der Waals surface area contributed by atoms with E-state index in [4.69, 9.17) is 5.26 Å². The van der Waals surface area contributed by atoms with Crippen LogP contribution in [-0.2, 0) is 6.18 Å². The van der Waals surface area contributed by atoms with Crippen molar-refractivity contribution in [2.75, 3.05) is 7.05 Å². The number of halogens is 3. The standard InChI is InChI=1S/C16H15F3N2/c1-21-12-3-4-13(21)8-11(7-12)14-5-2-10(9-20)6-15(14)16(17,18)19/h2,5-7,12-13H,3-4,8H2,1H3. The lowest BCUT2D eigenvalue weighted by Crippen LogP contribution is -2.34. The summed E-state index contributed by atoms with van der Waals surface area (Å²) < 4.78 is 39.8. The van der Waals surface area contributed by atoms with Gasteiger partial charge in [0.05, 0.1) is 17.2 Å². The van der Waals surface area contributed by atoms with E-state index in [0.29, 0.717) is 12.5 Å². The van der Waals surface area contributed by atoms with Gasteiger partial charge in [0.25, 0.3) is 0 Å². The zero-order valence-electron chi connectivity index (χ0n) is 11.6. The third kappa shape index (κ3) is 2.44. The Kier molecular flexibility index (Phi) is 3.29. The lowest BCUT2D eigenvalue weighted by molar-refractivity contribution is -0.137. The number of alkyl halides is 3. The van der Waals surface area contributed by atoms with Crippen LogP contribution in [0.4, 0.5) is 13.2 Å². The number of hydrogen-bond acceptors (Lipinski definition) is 2. The molecule has 2 unspecified atom stereocenters. The number of likely N-dealkylation sites (N-methyl/N-ethyl adjacent to an activating group) is 1. The minimum absolute atomic E-state index is 0.0441. The van der Waals surface area contributed by atoms with E-state index in [1.807, 2.05) is 13.1 Å². The van der Waals surface area contributed by atoms with Crippen molar-refractivity contribution in [3.05, 3.63) is 41.0 Å². The molecule has 2 aliphatic heterocycles. The van der Waals surface area contributed by atoms with Crippen LogP contribution in [0.15, 0.2) is 24.3 Å². The Labute approximate surface area is 121 Å². The highest BCUT2D eigenvalue weighted by Crippen LogP contribution is 2.42. The maximum Gasteiger partial charge on any atom is 0.417 e. The number of fused-ring (bicyclic) bond motifs is 2. The summed E-state index contributed by atoms with van der Waals surface area (Å²) in [5.74, 6) is 0. The molecule has 0 aliphatic carbocycles. The molecule has 3 rings (SSSR count). The van der Waals surface area contributed by atoms with Crippen LogP contribution in [0.1, 0.15) is 36.0 Å². The first-order valence-electron chi connectivity index (χ1n) is 6.94. The SMILES string of the molecule is CN1C2C=C(c3ccc(C#N)cc3C(F)(F)F)CC1CC2. The first-order valence-corrected chi connectivity index (χ1v) is 6.94. The quantitative estimate of drug-likeness (QED) is 0.786. The normalized spacial score (nSPS) is 25.6. The van der Waals surface area contributed by atoms with Gasteiger partial charge in [0, 0.05) is 12.1 Å². The molecule has 2 heterocycles. The molecule has 21 heavy (non-hydrogen) atoms. The molecule has 5 heteroatoms. The second-order valence-corrected chi connectivity index (χ2v) is 5.73. The Morgan fingerprint density at radius 1 is 1.29 bits per heavy atom. The van der Waals surface area contributed by atoms with E-state index in [9.17, 15) is 13.2 Å². The van der Waals surface area contributed by atoms with Crippen molar-refractivity contribution >= 4 is 5.57 Å². The maximum absolute atomic E-state index is 13.3. The summed E-state index contributed by atoms with van der Waals surface area (Å²) in [6, 6.07) is 6.20. The molecule has 1 aromatic carbocycles. The summed E-state index contributed by atoms with van der Waals surface area (Å²) in [6.45, 7) is 0. The summed E-state index contributed by atoms with van der Waals surface area (Å²) in [5, 5.41) is 8.82. The summed E-state index contributed by atoms with van der Waals surface area (Å²) in [4.78, 5) is 2.24. The highest BCUT2D eigenvalue weighted by molar-refractivity contribution is 5.71. The van der Waals surface area contributed by atoms with E-state index in [0.717, 1.165) is 24.5 Å². The number of rotatable bonds is 1. The molecule has 2 aliphatic rings. The van der Waals surface area contributed by atoms with Crippen LogP contribution in [0.3, 0.4) is 0 Å². The highest BCUT2D eigenvalue weighted by atomic mass is 19.4. The number of hydrogen-bond donors (Lipinski definition) is 0. The van der Waals surface area contributed by atoms with E-state index in [1.54, 1.807) is 6.07 Å². The topological polar surface area (TPSA) is 27.0 Å². The summed E-state index contributed by atoms with van der Waals surface area (Å²) in [6.07, 6.45) is 0.189. The Morgan fingerprint density at radius 3 is 2.67 bits per heavy atom. The van der Waals surface area contributed by atoms with Crippen molar-refractivity contribution < 1.29 is 13.2 Å². The van der Waals surface area contributed by atoms with Crippen LogP contribution < -0.4 is 0 Å². The molecule has 1 saturated heterocycles. The molecule has 110 valence electrons. The van der Waals surface area contributed by atoms with E-state index >= 15 is 0 Å². The number of benzene rings is 1. The highest BCUT2D eigenvalue weighted by Gasteiger charge is 2.38. The average molecular weight is 292 g/mol. The molecule has 2 nitrogen and oxygen atoms in total. The molecule has 1 fully saturated rings. The second kappa shape index (κ2) is 4.88. The van der Waals surface area contributed by atoms with Gasteiger partial charge in [-0.25, -0.2) is 0 Å². The summed E-state index contributed by atoms with van der Waals surface area (Å²) >= 11 is 0. The predicted molar refractivity (Wildman–Crippen MR) is 73.3 cm³/mol. The van der Waals surface area contributed by atoms with E-state index in [1.165, 1.54) is 12.1 Å². The number of nitrogens with zero attached hydrogens (tertiary/aromatic N) is 2. The lowest BCUT2D eigenvalue weighted by Gasteiger charge is -2.31. The van der Waals surface area contributed by atoms with Crippen LogP contribution in [0.5, 0.6) is 0 Å². The largest absolute Gasteiger partial charge is 0.417 e. The van der Waals surface area contributed by atoms with Gasteiger partial charge in [-0.05, 0) is 49.6 Å². The zero-order chi connectivity index (χ0) is 15.2. The Morgan fingerprint density at radius 2 is 2.05 bits per heavy atom. The minimum Gasteiger partial charge on any atom is -0.297 e. The van der Waals surface area contributed by atoms with Crippen LogP contribution in [0.2, 0.25) is 0 Å². The fourth-order valence-electron chi connectivity index (χ4n) is 3.37. The Hall–Kier alpha value is -1.80. The fraction of sp³-hybridized carbons (Fsp3) is 0.438. The molecular weight excluding hydrogens is 277 g/mol. The van der Waals surface area contributed by atoms with E-state index < -0.39 is 11.7 Å². The van der Waals surface area contributed by atoms with Gasteiger partial charge in [-0.1, -0.05) is 12.1 Å². The molecule has 2 atom stereocenters. The molecular formula is C16H15F3N2. The Bertz CT molecular complexity index is 640. The molecule has 0 radical (unpaired) electrons. The van der Waals surface area contributed by atoms with E-state index in [-0.39, 0.29) is 17.2 Å². The molecule has 0 amide bonds. The minimum atomic E-state index is -4.44. The van der Waals surface area contributed by atoms with Gasteiger partial charge >= 0.3 is 6.18 Å². The third-order valence-electron chi connectivity index (χ3n) is 4.54. The van der Waals surface area contributed by atoms with Crippen LogP contribution in [0, 0.1) is 11.3 Å². The van der Waals surface area contributed by atoms with Crippen molar-refractivity contribution in [3.8, 4) is 6.07 Å². The Balaban J connectivity index is 2.07. The van der Waals surface area contributed by atoms with Crippen LogP contribution in [-0.4, -0.2) is 24.0 Å². The zero-order valence-corrected chi connectivity index (χ0v) is 11.6. The molecule has 0 aromatic heterocycles. The molecule has 0 N–H and O–H groups in total. The van der Waals surface area contributed by atoms with Crippen molar-refractivity contribution in [1.82, 2.24) is 4.90 Å². The predicted octanol–water partition coefficient (Wildman–Crippen LogP) is 3.83. The summed E-state index contributed by atoms with van der Waals surface area (Å²) in [7, 11) is 2.03. The smallest absolute Gasteiger partial charge is 0.297 e. The molecule has 1 aromatic rings. The summed E-state index contributed by atoms with van der Waals surface area (Å²) in [5.41, 5.74) is 0.336. The maximum atomic E-state index is 13.3. The first kappa shape index (κ1) is 14.2. The lowest BCUT2D eigenvalue weighted by atomic mass is 9.90. The van der Waals surface area contributed by atoms with Gasteiger partial charge in [0.2, 0.25) is 0 Å². The average Bonchev–Trinajstić information content (AvgIpc) is 2.66. The monoisotopic (exact) mass is 292 g/mol. The van der Waals surface area contributed by atoms with Gasteiger partial charge in [-0.3, -0.25) is 4.90 Å². The molecule has 2 bridgehead atoms. The van der Waals surface area contributed by atoms with Crippen LogP contribution in [0.25, 0.3) is 5.57 Å². The van der Waals surface area contributed by atoms with Crippen molar-refractivity contribution in [2.45, 2.75) is 37.5 Å². The van der Waals surface area contributed by atoms with Gasteiger partial charge < -0.3 is 0 Å².